The molecule has 0 atom stereocenters. The Kier molecular flexibility index (Phi) is 3.12. The molecule has 0 fully saturated rings. The minimum absolute atomic E-state index is 0.211. The molecule has 9 heteroatoms. The van der Waals surface area contributed by atoms with Gasteiger partial charge < -0.3 is 9.72 Å². The Bertz CT molecular complexity index is 849. The molecule has 3 aromatic heterocycles. The number of aromatic nitrogens is 4. The lowest BCUT2D eigenvalue weighted by molar-refractivity contribution is -0.140. The molecule has 6 nitrogen and oxygen atoms in total. The second-order valence-corrected chi connectivity index (χ2v) is 4.63. The van der Waals surface area contributed by atoms with Crippen molar-refractivity contribution in [2.45, 2.75) is 6.18 Å². The summed E-state index contributed by atoms with van der Waals surface area (Å²) in [6, 6.07) is 3.09. The zero-order chi connectivity index (χ0) is 15.9. The molecule has 114 valence electrons. The van der Waals surface area contributed by atoms with E-state index in [1.165, 1.54) is 19.3 Å². The molecule has 0 aliphatic heterocycles. The number of rotatable bonds is 2. The SMILES string of the molecule is Cn1cc(NC(=O)c2ccc3nccn3c2)c(C(F)(F)F)n1. The van der Waals surface area contributed by atoms with E-state index in [0.29, 0.717) is 5.65 Å². The number of halogens is 3. The van der Waals surface area contributed by atoms with Gasteiger partial charge in [0.2, 0.25) is 0 Å². The summed E-state index contributed by atoms with van der Waals surface area (Å²) in [5.74, 6) is -0.658. The maximum Gasteiger partial charge on any atom is 0.437 e. The smallest absolute Gasteiger partial charge is 0.319 e. The van der Waals surface area contributed by atoms with E-state index in [1.54, 1.807) is 22.9 Å². The number of nitrogens with one attached hydrogen (secondary N) is 1. The third-order valence-electron chi connectivity index (χ3n) is 3.00. The van der Waals surface area contributed by atoms with Crippen LogP contribution < -0.4 is 5.32 Å². The maximum absolute atomic E-state index is 12.8. The zero-order valence-corrected chi connectivity index (χ0v) is 11.3. The van der Waals surface area contributed by atoms with Gasteiger partial charge in [0, 0.05) is 31.8 Å². The Morgan fingerprint density at radius 3 is 2.77 bits per heavy atom. The lowest BCUT2D eigenvalue weighted by atomic mass is 10.2. The number of carbonyl (C=O) groups is 1. The van der Waals surface area contributed by atoms with E-state index in [-0.39, 0.29) is 11.3 Å². The van der Waals surface area contributed by atoms with Crippen molar-refractivity contribution in [2.24, 2.45) is 7.05 Å². The zero-order valence-electron chi connectivity index (χ0n) is 11.3. The number of hydrogen-bond acceptors (Lipinski definition) is 3. The van der Waals surface area contributed by atoms with Gasteiger partial charge in [0.1, 0.15) is 5.65 Å². The number of imidazole rings is 1. The van der Waals surface area contributed by atoms with Gasteiger partial charge in [-0.15, -0.1) is 0 Å². The van der Waals surface area contributed by atoms with Crippen LogP contribution in [0, 0.1) is 0 Å². The predicted molar refractivity (Wildman–Crippen MR) is 71.4 cm³/mol. The monoisotopic (exact) mass is 309 g/mol. The van der Waals surface area contributed by atoms with E-state index in [9.17, 15) is 18.0 Å². The number of hydrogen-bond donors (Lipinski definition) is 1. The second kappa shape index (κ2) is 4.86. The summed E-state index contributed by atoms with van der Waals surface area (Å²) in [4.78, 5) is 16.1. The van der Waals surface area contributed by atoms with Crippen LogP contribution in [0.3, 0.4) is 0 Å². The first-order valence-electron chi connectivity index (χ1n) is 6.19. The van der Waals surface area contributed by atoms with E-state index in [2.05, 4.69) is 15.4 Å². The number of alkyl halides is 3. The van der Waals surface area contributed by atoms with Crippen LogP contribution in [0.5, 0.6) is 0 Å². The Balaban J connectivity index is 1.91. The third-order valence-corrected chi connectivity index (χ3v) is 3.00. The molecule has 0 aromatic carbocycles. The summed E-state index contributed by atoms with van der Waals surface area (Å²) in [5, 5.41) is 5.57. The average Bonchev–Trinajstić information content (AvgIpc) is 3.03. The molecule has 0 aliphatic carbocycles. The van der Waals surface area contributed by atoms with Crippen LogP contribution in [-0.2, 0) is 13.2 Å². The molecule has 22 heavy (non-hydrogen) atoms. The van der Waals surface area contributed by atoms with Crippen LogP contribution in [0.2, 0.25) is 0 Å². The normalized spacial score (nSPS) is 11.8. The molecule has 3 heterocycles. The van der Waals surface area contributed by atoms with Gasteiger partial charge in [0.15, 0.2) is 5.69 Å². The molecule has 0 radical (unpaired) electrons. The molecule has 0 saturated carbocycles. The second-order valence-electron chi connectivity index (χ2n) is 4.63. The number of anilines is 1. The van der Waals surface area contributed by atoms with Crippen molar-refractivity contribution >= 4 is 17.2 Å². The molecule has 1 amide bonds. The highest BCUT2D eigenvalue weighted by Gasteiger charge is 2.37. The standard InChI is InChI=1S/C13H10F3N5O/c1-20-7-9(11(19-20)13(14,15)16)18-12(22)8-2-3-10-17-4-5-21(10)6-8/h2-7H,1H3,(H,18,22). The summed E-state index contributed by atoms with van der Waals surface area (Å²) < 4.78 is 41.1. The van der Waals surface area contributed by atoms with E-state index < -0.39 is 17.8 Å². The molecule has 3 aromatic rings. The lowest BCUT2D eigenvalue weighted by Crippen LogP contribution is -2.16. The fourth-order valence-electron chi connectivity index (χ4n) is 2.04. The quantitative estimate of drug-likeness (QED) is 0.790. The Morgan fingerprint density at radius 1 is 1.27 bits per heavy atom. The van der Waals surface area contributed by atoms with Crippen molar-refractivity contribution in [1.29, 1.82) is 0 Å². The molecule has 0 spiro atoms. The summed E-state index contributed by atoms with van der Waals surface area (Å²) in [6.45, 7) is 0. The molecular formula is C13H10F3N5O. The largest absolute Gasteiger partial charge is 0.437 e. The summed E-state index contributed by atoms with van der Waals surface area (Å²) in [5.41, 5.74) is -0.672. The topological polar surface area (TPSA) is 64.2 Å². The van der Waals surface area contributed by atoms with Gasteiger partial charge in [-0.2, -0.15) is 18.3 Å². The van der Waals surface area contributed by atoms with Crippen LogP contribution in [-0.4, -0.2) is 25.1 Å². The number of aryl methyl sites for hydroxylation is 1. The van der Waals surface area contributed by atoms with Crippen LogP contribution in [0.25, 0.3) is 5.65 Å². The van der Waals surface area contributed by atoms with E-state index in [1.807, 2.05) is 0 Å². The highest BCUT2D eigenvalue weighted by Crippen LogP contribution is 2.33. The van der Waals surface area contributed by atoms with Crippen molar-refractivity contribution in [3.05, 3.63) is 48.2 Å². The Morgan fingerprint density at radius 2 is 2.05 bits per heavy atom. The minimum Gasteiger partial charge on any atom is -0.319 e. The molecule has 0 saturated heterocycles. The van der Waals surface area contributed by atoms with Gasteiger partial charge in [-0.1, -0.05) is 0 Å². The Hall–Kier alpha value is -2.84. The fraction of sp³-hybridized carbons (Fsp3) is 0.154. The van der Waals surface area contributed by atoms with E-state index >= 15 is 0 Å². The summed E-state index contributed by atoms with van der Waals surface area (Å²) >= 11 is 0. The van der Waals surface area contributed by atoms with Gasteiger partial charge >= 0.3 is 6.18 Å². The summed E-state index contributed by atoms with van der Waals surface area (Å²) in [6.07, 6.45) is 1.15. The third kappa shape index (κ3) is 2.52. The molecule has 3 rings (SSSR count). The maximum atomic E-state index is 12.8. The van der Waals surface area contributed by atoms with Gasteiger partial charge in [0.05, 0.1) is 11.3 Å². The number of pyridine rings is 1. The minimum atomic E-state index is -4.64. The van der Waals surface area contributed by atoms with Crippen LogP contribution in [0.15, 0.2) is 36.9 Å². The van der Waals surface area contributed by atoms with Gasteiger partial charge in [-0.25, -0.2) is 4.98 Å². The van der Waals surface area contributed by atoms with Crippen LogP contribution in [0.4, 0.5) is 18.9 Å². The van der Waals surface area contributed by atoms with Crippen molar-refractivity contribution in [2.75, 3.05) is 5.32 Å². The average molecular weight is 309 g/mol. The predicted octanol–water partition coefficient (Wildman–Crippen LogP) is 2.34. The van der Waals surface area contributed by atoms with Gasteiger partial charge in [-0.3, -0.25) is 9.48 Å². The first-order chi connectivity index (χ1) is 10.3. The Labute approximate surface area is 122 Å². The number of fused-ring (bicyclic) bond motifs is 1. The van der Waals surface area contributed by atoms with Crippen molar-refractivity contribution in [3.63, 3.8) is 0 Å². The van der Waals surface area contributed by atoms with Crippen LogP contribution >= 0.6 is 0 Å². The van der Waals surface area contributed by atoms with Crippen molar-refractivity contribution < 1.29 is 18.0 Å². The summed E-state index contributed by atoms with van der Waals surface area (Å²) in [7, 11) is 1.35. The number of nitrogens with zero attached hydrogens (tertiary/aromatic N) is 4. The number of carbonyl (C=O) groups excluding carboxylic acids is 1. The van der Waals surface area contributed by atoms with E-state index in [0.717, 1.165) is 10.9 Å². The molecule has 0 unspecified atom stereocenters. The fourth-order valence-corrected chi connectivity index (χ4v) is 2.04. The highest BCUT2D eigenvalue weighted by molar-refractivity contribution is 6.04. The molecule has 0 aliphatic rings. The van der Waals surface area contributed by atoms with E-state index in [4.69, 9.17) is 0 Å². The highest BCUT2D eigenvalue weighted by atomic mass is 19.4. The molecule has 0 bridgehead atoms. The lowest BCUT2D eigenvalue weighted by Gasteiger charge is -2.08. The molecular weight excluding hydrogens is 299 g/mol. The van der Waals surface area contributed by atoms with Gasteiger partial charge in [-0.05, 0) is 12.1 Å². The first-order valence-corrected chi connectivity index (χ1v) is 6.19. The van der Waals surface area contributed by atoms with Crippen LogP contribution in [0.1, 0.15) is 16.1 Å². The number of amides is 1. The molecule has 1 N–H and O–H groups in total. The van der Waals surface area contributed by atoms with Crippen molar-refractivity contribution in [3.8, 4) is 0 Å². The van der Waals surface area contributed by atoms with Crippen molar-refractivity contribution in [1.82, 2.24) is 19.2 Å². The first kappa shape index (κ1) is 14.1. The van der Waals surface area contributed by atoms with Gasteiger partial charge in [0.25, 0.3) is 5.91 Å².